The smallest absolute Gasteiger partial charge is 0.255 e. The van der Waals surface area contributed by atoms with Gasteiger partial charge in [-0.1, -0.05) is 25.1 Å². The van der Waals surface area contributed by atoms with Crippen molar-refractivity contribution in [1.29, 1.82) is 0 Å². The Labute approximate surface area is 119 Å². The van der Waals surface area contributed by atoms with Crippen LogP contribution < -0.4 is 5.32 Å². The molecule has 0 unspecified atom stereocenters. The Bertz CT molecular complexity index is 555. The molecule has 0 aliphatic carbocycles. The number of halogens is 1. The third kappa shape index (κ3) is 3.55. The normalized spacial score (nSPS) is 9.58. The Balaban J connectivity index is 0.00000180. The van der Waals surface area contributed by atoms with Crippen LogP contribution in [0.1, 0.15) is 28.4 Å². The molecule has 100 valence electrons. The summed E-state index contributed by atoms with van der Waals surface area (Å²) in [6.45, 7) is 4.08. The van der Waals surface area contributed by atoms with Gasteiger partial charge in [0.2, 0.25) is 0 Å². The number of aromatic nitrogens is 1. The molecule has 4 heteroatoms. The van der Waals surface area contributed by atoms with Crippen molar-refractivity contribution in [2.24, 2.45) is 0 Å². The van der Waals surface area contributed by atoms with Crippen molar-refractivity contribution in [1.82, 2.24) is 4.98 Å². The highest BCUT2D eigenvalue weighted by molar-refractivity contribution is 6.04. The number of nitrogens with one attached hydrogen (secondary N) is 1. The van der Waals surface area contributed by atoms with Crippen LogP contribution in [0.15, 0.2) is 42.7 Å². The molecule has 0 spiro atoms. The van der Waals surface area contributed by atoms with Gasteiger partial charge in [-0.2, -0.15) is 0 Å². The third-order valence-corrected chi connectivity index (χ3v) is 2.92. The number of hydrogen-bond donors (Lipinski definition) is 1. The first kappa shape index (κ1) is 15.2. The highest BCUT2D eigenvalue weighted by atomic mass is 35.5. The van der Waals surface area contributed by atoms with Gasteiger partial charge in [0, 0.05) is 23.6 Å². The van der Waals surface area contributed by atoms with E-state index in [1.54, 1.807) is 24.5 Å². The minimum absolute atomic E-state index is 0. The minimum Gasteiger partial charge on any atom is -0.321 e. The Morgan fingerprint density at radius 2 is 1.89 bits per heavy atom. The maximum atomic E-state index is 12.1. The van der Waals surface area contributed by atoms with Crippen LogP contribution in [-0.2, 0) is 6.42 Å². The number of amides is 1. The molecule has 19 heavy (non-hydrogen) atoms. The van der Waals surface area contributed by atoms with Crippen molar-refractivity contribution in [3.05, 3.63) is 59.4 Å². The zero-order valence-corrected chi connectivity index (χ0v) is 11.8. The summed E-state index contributed by atoms with van der Waals surface area (Å²) in [5, 5.41) is 2.98. The second-order valence-electron chi connectivity index (χ2n) is 4.15. The zero-order chi connectivity index (χ0) is 13.0. The molecule has 0 aliphatic rings. The molecule has 2 rings (SSSR count). The number of nitrogens with zero attached hydrogens (tertiary/aromatic N) is 1. The standard InChI is InChI=1S/C15H16N2O.ClH/c1-3-12-6-4-5-11(2)14(12)17-15(18)13-7-9-16-10-8-13;/h4-10H,3H2,1-2H3,(H,17,18);1H. The third-order valence-electron chi connectivity index (χ3n) is 2.92. The topological polar surface area (TPSA) is 42.0 Å². The Kier molecular flexibility index (Phi) is 5.52. The van der Waals surface area contributed by atoms with Crippen LogP contribution in [0.5, 0.6) is 0 Å². The van der Waals surface area contributed by atoms with E-state index in [0.29, 0.717) is 5.56 Å². The predicted molar refractivity (Wildman–Crippen MR) is 80.0 cm³/mol. The molecule has 1 aromatic carbocycles. The van der Waals surface area contributed by atoms with E-state index in [0.717, 1.165) is 23.2 Å². The van der Waals surface area contributed by atoms with Crippen molar-refractivity contribution in [2.45, 2.75) is 20.3 Å². The molecule has 1 heterocycles. The van der Waals surface area contributed by atoms with E-state index in [4.69, 9.17) is 0 Å². The van der Waals surface area contributed by atoms with Gasteiger partial charge in [0.05, 0.1) is 0 Å². The van der Waals surface area contributed by atoms with Crippen LogP contribution in [-0.4, -0.2) is 10.9 Å². The second-order valence-corrected chi connectivity index (χ2v) is 4.15. The average molecular weight is 277 g/mol. The highest BCUT2D eigenvalue weighted by Crippen LogP contribution is 2.21. The molecule has 1 aromatic heterocycles. The second kappa shape index (κ2) is 6.90. The van der Waals surface area contributed by atoms with Crippen LogP contribution in [0.4, 0.5) is 5.69 Å². The van der Waals surface area contributed by atoms with Crippen LogP contribution >= 0.6 is 12.4 Å². The lowest BCUT2D eigenvalue weighted by Gasteiger charge is -2.12. The number of anilines is 1. The number of benzene rings is 1. The fraction of sp³-hybridized carbons (Fsp3) is 0.200. The number of carbonyl (C=O) groups excluding carboxylic acids is 1. The van der Waals surface area contributed by atoms with E-state index in [-0.39, 0.29) is 18.3 Å². The number of aryl methyl sites for hydroxylation is 2. The fourth-order valence-electron chi connectivity index (χ4n) is 1.89. The van der Waals surface area contributed by atoms with Crippen molar-refractivity contribution < 1.29 is 4.79 Å². The average Bonchev–Trinajstić information content (AvgIpc) is 2.42. The predicted octanol–water partition coefficient (Wildman–Crippen LogP) is 3.63. The molecule has 0 bridgehead atoms. The number of rotatable bonds is 3. The van der Waals surface area contributed by atoms with Gasteiger partial charge in [0.1, 0.15) is 0 Å². The van der Waals surface area contributed by atoms with Crippen LogP contribution in [0.25, 0.3) is 0 Å². The van der Waals surface area contributed by atoms with E-state index in [2.05, 4.69) is 17.2 Å². The van der Waals surface area contributed by atoms with Crippen LogP contribution in [0, 0.1) is 6.92 Å². The van der Waals surface area contributed by atoms with E-state index < -0.39 is 0 Å². The van der Waals surface area contributed by atoms with Crippen molar-refractivity contribution in [3.63, 3.8) is 0 Å². The summed E-state index contributed by atoms with van der Waals surface area (Å²) >= 11 is 0. The van der Waals surface area contributed by atoms with Gasteiger partial charge in [-0.3, -0.25) is 9.78 Å². The number of hydrogen-bond acceptors (Lipinski definition) is 2. The molecule has 0 saturated heterocycles. The summed E-state index contributed by atoms with van der Waals surface area (Å²) in [6, 6.07) is 9.46. The van der Waals surface area contributed by atoms with Gasteiger partial charge in [0.25, 0.3) is 5.91 Å². The van der Waals surface area contributed by atoms with Gasteiger partial charge in [-0.15, -0.1) is 12.4 Å². The van der Waals surface area contributed by atoms with Crippen molar-refractivity contribution >= 4 is 24.0 Å². The van der Waals surface area contributed by atoms with Crippen LogP contribution in [0.3, 0.4) is 0 Å². The quantitative estimate of drug-likeness (QED) is 0.930. The molecule has 3 nitrogen and oxygen atoms in total. The number of pyridine rings is 1. The molecule has 0 fully saturated rings. The van der Waals surface area contributed by atoms with E-state index in [1.807, 2.05) is 25.1 Å². The van der Waals surface area contributed by atoms with E-state index >= 15 is 0 Å². The van der Waals surface area contributed by atoms with Gasteiger partial charge in [-0.25, -0.2) is 0 Å². The van der Waals surface area contributed by atoms with Gasteiger partial charge in [0.15, 0.2) is 0 Å². The molecule has 2 aromatic rings. The first-order chi connectivity index (χ1) is 8.72. The molecule has 1 amide bonds. The molecule has 1 N–H and O–H groups in total. The molecular weight excluding hydrogens is 260 g/mol. The lowest BCUT2D eigenvalue weighted by Crippen LogP contribution is -2.14. The van der Waals surface area contributed by atoms with Crippen LogP contribution in [0.2, 0.25) is 0 Å². The lowest BCUT2D eigenvalue weighted by atomic mass is 10.1. The molecule has 0 saturated carbocycles. The van der Waals surface area contributed by atoms with Crippen molar-refractivity contribution in [2.75, 3.05) is 5.32 Å². The first-order valence-corrected chi connectivity index (χ1v) is 6.02. The maximum Gasteiger partial charge on any atom is 0.255 e. The van der Waals surface area contributed by atoms with E-state index in [9.17, 15) is 4.79 Å². The maximum absolute atomic E-state index is 12.1. The van der Waals surface area contributed by atoms with E-state index in [1.165, 1.54) is 0 Å². The molecule has 0 atom stereocenters. The Hall–Kier alpha value is -1.87. The molecular formula is C15H17ClN2O. The summed E-state index contributed by atoms with van der Waals surface area (Å²) in [5.41, 5.74) is 3.77. The molecule has 0 aliphatic heterocycles. The monoisotopic (exact) mass is 276 g/mol. The van der Waals surface area contributed by atoms with Crippen molar-refractivity contribution in [3.8, 4) is 0 Å². The molecule has 0 radical (unpaired) electrons. The van der Waals surface area contributed by atoms with Gasteiger partial charge in [-0.05, 0) is 36.6 Å². The van der Waals surface area contributed by atoms with Gasteiger partial charge < -0.3 is 5.32 Å². The summed E-state index contributed by atoms with van der Waals surface area (Å²) in [7, 11) is 0. The minimum atomic E-state index is -0.0959. The Morgan fingerprint density at radius 3 is 2.53 bits per heavy atom. The first-order valence-electron chi connectivity index (χ1n) is 6.02. The zero-order valence-electron chi connectivity index (χ0n) is 11.0. The summed E-state index contributed by atoms with van der Waals surface area (Å²) in [5.74, 6) is -0.0959. The summed E-state index contributed by atoms with van der Waals surface area (Å²) < 4.78 is 0. The number of carbonyl (C=O) groups is 1. The largest absolute Gasteiger partial charge is 0.321 e. The lowest BCUT2D eigenvalue weighted by molar-refractivity contribution is 0.102. The highest BCUT2D eigenvalue weighted by Gasteiger charge is 2.09. The summed E-state index contributed by atoms with van der Waals surface area (Å²) in [4.78, 5) is 16.0. The number of para-hydroxylation sites is 1. The summed E-state index contributed by atoms with van der Waals surface area (Å²) in [6.07, 6.45) is 4.13. The SMILES string of the molecule is CCc1cccc(C)c1NC(=O)c1ccncc1.Cl. The fourth-order valence-corrected chi connectivity index (χ4v) is 1.89. The Morgan fingerprint density at radius 1 is 1.21 bits per heavy atom. The van der Waals surface area contributed by atoms with Gasteiger partial charge >= 0.3 is 0 Å².